The SMILES string of the molecule is CC(=O)c1cccc(NC(=O)c2cc(C)nc(N(C)Cc3ccccc3)n2)c1. The van der Waals surface area contributed by atoms with Gasteiger partial charge in [-0.25, -0.2) is 9.97 Å². The number of Topliss-reactive ketones (excluding diaryl/α,β-unsaturated/α-hetero) is 1. The highest BCUT2D eigenvalue weighted by Crippen LogP contribution is 2.15. The molecule has 0 aliphatic carbocycles. The maximum atomic E-state index is 12.7. The van der Waals surface area contributed by atoms with E-state index < -0.39 is 0 Å². The highest BCUT2D eigenvalue weighted by Gasteiger charge is 2.14. The van der Waals surface area contributed by atoms with Gasteiger partial charge in [-0.15, -0.1) is 0 Å². The number of aromatic nitrogens is 2. The van der Waals surface area contributed by atoms with Crippen molar-refractivity contribution in [1.82, 2.24) is 9.97 Å². The van der Waals surface area contributed by atoms with E-state index in [2.05, 4.69) is 15.3 Å². The lowest BCUT2D eigenvalue weighted by Crippen LogP contribution is -2.22. The van der Waals surface area contributed by atoms with Crippen molar-refractivity contribution in [2.45, 2.75) is 20.4 Å². The predicted octanol–water partition coefficient (Wildman–Crippen LogP) is 3.88. The van der Waals surface area contributed by atoms with Crippen molar-refractivity contribution < 1.29 is 9.59 Å². The maximum absolute atomic E-state index is 12.7. The number of aryl methyl sites for hydroxylation is 1. The van der Waals surface area contributed by atoms with Gasteiger partial charge in [0.1, 0.15) is 5.69 Å². The number of carbonyl (C=O) groups excluding carboxylic acids is 2. The number of rotatable bonds is 6. The zero-order valence-electron chi connectivity index (χ0n) is 16.1. The molecule has 0 saturated heterocycles. The number of amides is 1. The van der Waals surface area contributed by atoms with E-state index in [1.54, 1.807) is 30.3 Å². The lowest BCUT2D eigenvalue weighted by Gasteiger charge is -2.18. The van der Waals surface area contributed by atoms with Crippen LogP contribution in [0, 0.1) is 6.92 Å². The molecule has 3 rings (SSSR count). The molecular formula is C22H22N4O2. The Morgan fingerprint density at radius 1 is 1.00 bits per heavy atom. The number of ketones is 1. The van der Waals surface area contributed by atoms with Crippen LogP contribution in [0.4, 0.5) is 11.6 Å². The molecule has 28 heavy (non-hydrogen) atoms. The van der Waals surface area contributed by atoms with E-state index in [4.69, 9.17) is 0 Å². The van der Waals surface area contributed by atoms with Crippen molar-refractivity contribution in [2.24, 2.45) is 0 Å². The van der Waals surface area contributed by atoms with Crippen LogP contribution in [0.2, 0.25) is 0 Å². The molecule has 2 aromatic carbocycles. The van der Waals surface area contributed by atoms with Gasteiger partial charge in [-0.1, -0.05) is 42.5 Å². The second kappa shape index (κ2) is 8.43. The van der Waals surface area contributed by atoms with E-state index in [-0.39, 0.29) is 17.4 Å². The van der Waals surface area contributed by atoms with E-state index >= 15 is 0 Å². The van der Waals surface area contributed by atoms with Crippen LogP contribution in [0.15, 0.2) is 60.7 Å². The summed E-state index contributed by atoms with van der Waals surface area (Å²) in [5.41, 5.74) is 3.19. The molecule has 1 heterocycles. The predicted molar refractivity (Wildman–Crippen MR) is 110 cm³/mol. The highest BCUT2D eigenvalue weighted by molar-refractivity contribution is 6.04. The second-order valence-corrected chi connectivity index (χ2v) is 6.63. The van der Waals surface area contributed by atoms with Gasteiger partial charge in [0.15, 0.2) is 5.78 Å². The lowest BCUT2D eigenvalue weighted by molar-refractivity contribution is 0.100. The zero-order valence-corrected chi connectivity index (χ0v) is 16.1. The summed E-state index contributed by atoms with van der Waals surface area (Å²) in [4.78, 5) is 35.0. The van der Waals surface area contributed by atoms with Gasteiger partial charge in [0.05, 0.1) is 0 Å². The highest BCUT2D eigenvalue weighted by atomic mass is 16.2. The summed E-state index contributed by atoms with van der Waals surface area (Å²) in [6, 6.07) is 18.5. The Kier molecular flexibility index (Phi) is 5.79. The first-order valence-electron chi connectivity index (χ1n) is 8.95. The molecule has 0 saturated carbocycles. The molecule has 1 aromatic heterocycles. The lowest BCUT2D eigenvalue weighted by atomic mass is 10.1. The molecule has 0 radical (unpaired) electrons. The van der Waals surface area contributed by atoms with Gasteiger partial charge in [-0.3, -0.25) is 9.59 Å². The number of benzene rings is 2. The number of carbonyl (C=O) groups is 2. The number of nitrogens with zero attached hydrogens (tertiary/aromatic N) is 3. The Balaban J connectivity index is 1.79. The molecule has 3 aromatic rings. The van der Waals surface area contributed by atoms with Crippen LogP contribution < -0.4 is 10.2 Å². The second-order valence-electron chi connectivity index (χ2n) is 6.63. The van der Waals surface area contributed by atoms with Crippen LogP contribution in [0.3, 0.4) is 0 Å². The first kappa shape index (κ1) is 19.2. The van der Waals surface area contributed by atoms with Crippen molar-refractivity contribution in [1.29, 1.82) is 0 Å². The third-order valence-corrected chi connectivity index (χ3v) is 4.21. The fourth-order valence-corrected chi connectivity index (χ4v) is 2.78. The molecular weight excluding hydrogens is 352 g/mol. The summed E-state index contributed by atoms with van der Waals surface area (Å²) >= 11 is 0. The maximum Gasteiger partial charge on any atom is 0.274 e. The van der Waals surface area contributed by atoms with Gasteiger partial charge in [0, 0.05) is 30.5 Å². The molecule has 0 aliphatic rings. The standard InChI is InChI=1S/C22H22N4O2/c1-15-12-20(21(28)24-19-11-7-10-18(13-19)16(2)27)25-22(23-15)26(3)14-17-8-5-4-6-9-17/h4-13H,14H2,1-3H3,(H,24,28). The topological polar surface area (TPSA) is 75.2 Å². The molecule has 0 bridgehead atoms. The van der Waals surface area contributed by atoms with E-state index in [9.17, 15) is 9.59 Å². The van der Waals surface area contributed by atoms with Gasteiger partial charge in [0.25, 0.3) is 5.91 Å². The van der Waals surface area contributed by atoms with Crippen molar-refractivity contribution in [3.8, 4) is 0 Å². The summed E-state index contributed by atoms with van der Waals surface area (Å²) in [5.74, 6) is 0.0749. The number of hydrogen-bond donors (Lipinski definition) is 1. The molecule has 0 aliphatic heterocycles. The minimum absolute atomic E-state index is 0.0567. The molecule has 0 atom stereocenters. The summed E-state index contributed by atoms with van der Waals surface area (Å²) in [5, 5.41) is 2.80. The molecule has 6 heteroatoms. The Labute approximate surface area is 164 Å². The molecule has 0 unspecified atom stereocenters. The number of nitrogens with one attached hydrogen (secondary N) is 1. The van der Waals surface area contributed by atoms with Crippen LogP contribution in [0.25, 0.3) is 0 Å². The molecule has 1 amide bonds. The van der Waals surface area contributed by atoms with Gasteiger partial charge >= 0.3 is 0 Å². The Morgan fingerprint density at radius 3 is 2.46 bits per heavy atom. The molecule has 1 N–H and O–H groups in total. The largest absolute Gasteiger partial charge is 0.340 e. The number of anilines is 2. The van der Waals surface area contributed by atoms with Crippen molar-refractivity contribution >= 4 is 23.3 Å². The fourth-order valence-electron chi connectivity index (χ4n) is 2.78. The molecule has 142 valence electrons. The summed E-state index contributed by atoms with van der Waals surface area (Å²) in [6.45, 7) is 3.95. The average molecular weight is 374 g/mol. The Morgan fingerprint density at radius 2 is 1.75 bits per heavy atom. The zero-order chi connectivity index (χ0) is 20.1. The number of hydrogen-bond acceptors (Lipinski definition) is 5. The quantitative estimate of drug-likeness (QED) is 0.663. The third-order valence-electron chi connectivity index (χ3n) is 4.21. The van der Waals surface area contributed by atoms with Gasteiger partial charge < -0.3 is 10.2 Å². The molecule has 0 spiro atoms. The van der Waals surface area contributed by atoms with Gasteiger partial charge in [-0.2, -0.15) is 0 Å². The minimum atomic E-state index is -0.347. The summed E-state index contributed by atoms with van der Waals surface area (Å²) < 4.78 is 0. The van der Waals surface area contributed by atoms with Crippen LogP contribution in [0.1, 0.15) is 39.0 Å². The summed E-state index contributed by atoms with van der Waals surface area (Å²) in [6.07, 6.45) is 0. The van der Waals surface area contributed by atoms with Crippen LogP contribution in [-0.4, -0.2) is 28.7 Å². The van der Waals surface area contributed by atoms with Crippen LogP contribution in [-0.2, 0) is 6.54 Å². The smallest absolute Gasteiger partial charge is 0.274 e. The first-order chi connectivity index (χ1) is 13.4. The van der Waals surface area contributed by atoms with Crippen molar-refractivity contribution in [3.05, 3.63) is 83.2 Å². The summed E-state index contributed by atoms with van der Waals surface area (Å²) in [7, 11) is 1.89. The van der Waals surface area contributed by atoms with Crippen LogP contribution in [0.5, 0.6) is 0 Å². The molecule has 6 nitrogen and oxygen atoms in total. The molecule has 0 fully saturated rings. The van der Waals surface area contributed by atoms with Gasteiger partial charge in [0.2, 0.25) is 5.95 Å². The Bertz CT molecular complexity index is 1000. The Hall–Kier alpha value is -3.54. The van der Waals surface area contributed by atoms with Crippen LogP contribution >= 0.6 is 0 Å². The van der Waals surface area contributed by atoms with Crippen molar-refractivity contribution in [2.75, 3.05) is 17.3 Å². The van der Waals surface area contributed by atoms with Gasteiger partial charge in [-0.05, 0) is 37.6 Å². The fraction of sp³-hybridized carbons (Fsp3) is 0.182. The van der Waals surface area contributed by atoms with E-state index in [1.165, 1.54) is 6.92 Å². The average Bonchev–Trinajstić information content (AvgIpc) is 2.68. The first-order valence-corrected chi connectivity index (χ1v) is 8.95. The van der Waals surface area contributed by atoms with E-state index in [0.29, 0.717) is 29.4 Å². The van der Waals surface area contributed by atoms with E-state index in [0.717, 1.165) is 5.56 Å². The minimum Gasteiger partial charge on any atom is -0.340 e. The van der Waals surface area contributed by atoms with E-state index in [1.807, 2.05) is 49.2 Å². The monoisotopic (exact) mass is 374 g/mol. The van der Waals surface area contributed by atoms with Crippen molar-refractivity contribution in [3.63, 3.8) is 0 Å². The normalized spacial score (nSPS) is 10.4. The third kappa shape index (κ3) is 4.79.